The van der Waals surface area contributed by atoms with Gasteiger partial charge < -0.3 is 5.73 Å². The van der Waals surface area contributed by atoms with Gasteiger partial charge >= 0.3 is 0 Å². The molecule has 94 valence electrons. The number of hydrogen-bond donors (Lipinski definition) is 4. The monoisotopic (exact) mass is 286 g/mol. The van der Waals surface area contributed by atoms with Crippen molar-refractivity contribution in [2.24, 2.45) is 5.73 Å². The zero-order valence-electron chi connectivity index (χ0n) is 9.58. The van der Waals surface area contributed by atoms with Crippen LogP contribution in [0.5, 0.6) is 0 Å². The number of rotatable bonds is 3. The SMILES string of the molecule is NCC1(S)CN(Cc2ccccc2)CC1(S)S. The fourth-order valence-corrected chi connectivity index (χ4v) is 3.19. The maximum absolute atomic E-state index is 5.80. The molecule has 1 aliphatic rings. The van der Waals surface area contributed by atoms with Crippen molar-refractivity contribution in [3.05, 3.63) is 35.9 Å². The molecule has 1 heterocycles. The molecule has 17 heavy (non-hydrogen) atoms. The highest BCUT2D eigenvalue weighted by atomic mass is 32.2. The summed E-state index contributed by atoms with van der Waals surface area (Å²) in [6, 6.07) is 10.4. The van der Waals surface area contributed by atoms with Crippen LogP contribution < -0.4 is 5.73 Å². The van der Waals surface area contributed by atoms with Gasteiger partial charge in [0.2, 0.25) is 0 Å². The molecule has 1 unspecified atom stereocenters. The second-order valence-electron chi connectivity index (χ2n) is 4.68. The van der Waals surface area contributed by atoms with Crippen molar-refractivity contribution in [3.63, 3.8) is 0 Å². The molecule has 1 aromatic carbocycles. The molecule has 2 rings (SSSR count). The number of nitrogens with two attached hydrogens (primary N) is 1. The third-order valence-corrected chi connectivity index (χ3v) is 5.46. The predicted octanol–water partition coefficient (Wildman–Crippen LogP) is 1.69. The molecule has 2 N–H and O–H groups in total. The van der Waals surface area contributed by atoms with E-state index in [2.05, 4.69) is 67.1 Å². The van der Waals surface area contributed by atoms with Crippen LogP contribution in [-0.2, 0) is 6.54 Å². The van der Waals surface area contributed by atoms with Gasteiger partial charge in [-0.15, -0.1) is 0 Å². The Bertz CT molecular complexity index is 383. The zero-order chi connectivity index (χ0) is 12.5. The summed E-state index contributed by atoms with van der Waals surface area (Å²) >= 11 is 13.9. The lowest BCUT2D eigenvalue weighted by atomic mass is 10.1. The molecule has 0 saturated carbocycles. The molecular weight excluding hydrogens is 268 g/mol. The minimum Gasteiger partial charge on any atom is -0.329 e. The van der Waals surface area contributed by atoms with E-state index in [1.807, 2.05) is 6.07 Å². The topological polar surface area (TPSA) is 29.3 Å². The lowest BCUT2D eigenvalue weighted by molar-refractivity contribution is 0.323. The minimum atomic E-state index is -0.445. The van der Waals surface area contributed by atoms with Crippen LogP contribution in [0.3, 0.4) is 0 Å². The van der Waals surface area contributed by atoms with Crippen molar-refractivity contribution in [2.45, 2.75) is 15.4 Å². The number of thiol groups is 3. The molecule has 2 nitrogen and oxygen atoms in total. The minimum absolute atomic E-state index is 0.339. The van der Waals surface area contributed by atoms with Crippen molar-refractivity contribution < 1.29 is 0 Å². The Balaban J connectivity index is 2.07. The average Bonchev–Trinajstić information content (AvgIpc) is 2.51. The Morgan fingerprint density at radius 2 is 1.76 bits per heavy atom. The number of benzene rings is 1. The molecule has 1 fully saturated rings. The normalized spacial score (nSPS) is 28.5. The first-order valence-corrected chi connectivity index (χ1v) is 6.94. The molecule has 0 aliphatic carbocycles. The van der Waals surface area contributed by atoms with E-state index in [9.17, 15) is 0 Å². The zero-order valence-corrected chi connectivity index (χ0v) is 12.3. The average molecular weight is 286 g/mol. The summed E-state index contributed by atoms with van der Waals surface area (Å²) < 4.78 is -0.784. The number of hydrogen-bond acceptors (Lipinski definition) is 5. The van der Waals surface area contributed by atoms with Crippen LogP contribution in [0.2, 0.25) is 0 Å². The van der Waals surface area contributed by atoms with Crippen LogP contribution >= 0.6 is 37.9 Å². The fourth-order valence-electron chi connectivity index (χ4n) is 2.19. The molecule has 0 aromatic heterocycles. The van der Waals surface area contributed by atoms with E-state index in [0.29, 0.717) is 6.54 Å². The van der Waals surface area contributed by atoms with Gasteiger partial charge in [0, 0.05) is 26.2 Å². The maximum atomic E-state index is 5.80. The molecule has 1 aromatic rings. The van der Waals surface area contributed by atoms with Gasteiger partial charge in [0.25, 0.3) is 0 Å². The van der Waals surface area contributed by atoms with Gasteiger partial charge in [-0.05, 0) is 5.56 Å². The molecule has 1 atom stereocenters. The first-order chi connectivity index (χ1) is 7.97. The van der Waals surface area contributed by atoms with E-state index in [4.69, 9.17) is 5.73 Å². The molecule has 0 bridgehead atoms. The summed E-state index contributed by atoms with van der Waals surface area (Å²) in [5, 5.41) is 0. The van der Waals surface area contributed by atoms with Crippen LogP contribution in [0.4, 0.5) is 0 Å². The Morgan fingerprint density at radius 1 is 1.12 bits per heavy atom. The Morgan fingerprint density at radius 3 is 2.29 bits per heavy atom. The molecule has 0 amide bonds. The molecular formula is C12H18N2S3. The number of likely N-dealkylation sites (tertiary alicyclic amines) is 1. The second kappa shape index (κ2) is 5.05. The molecule has 1 aliphatic heterocycles. The third kappa shape index (κ3) is 2.79. The van der Waals surface area contributed by atoms with Gasteiger partial charge in [-0.1, -0.05) is 30.3 Å². The number of nitrogens with zero attached hydrogens (tertiary/aromatic N) is 1. The van der Waals surface area contributed by atoms with Crippen molar-refractivity contribution in [1.29, 1.82) is 0 Å². The van der Waals surface area contributed by atoms with Crippen LogP contribution in [0.25, 0.3) is 0 Å². The predicted molar refractivity (Wildman–Crippen MR) is 83.2 cm³/mol. The summed E-state index contributed by atoms with van der Waals surface area (Å²) in [7, 11) is 0. The molecule has 0 spiro atoms. The summed E-state index contributed by atoms with van der Waals surface area (Å²) in [5.41, 5.74) is 7.09. The Hall–Kier alpha value is 0.190. The van der Waals surface area contributed by atoms with Crippen molar-refractivity contribution >= 4 is 37.9 Å². The highest BCUT2D eigenvalue weighted by Gasteiger charge is 2.50. The van der Waals surface area contributed by atoms with Crippen LogP contribution in [0.15, 0.2) is 30.3 Å². The molecule has 0 radical (unpaired) electrons. The maximum Gasteiger partial charge on any atom is 0.0847 e. The lowest BCUT2D eigenvalue weighted by Gasteiger charge is -2.32. The molecule has 1 saturated heterocycles. The van der Waals surface area contributed by atoms with E-state index < -0.39 is 4.08 Å². The van der Waals surface area contributed by atoms with Gasteiger partial charge in [0.1, 0.15) is 0 Å². The van der Waals surface area contributed by atoms with Crippen molar-refractivity contribution in [3.8, 4) is 0 Å². The summed E-state index contributed by atoms with van der Waals surface area (Å²) in [4.78, 5) is 2.30. The Labute approximate surface area is 119 Å². The van der Waals surface area contributed by atoms with Crippen molar-refractivity contribution in [2.75, 3.05) is 19.6 Å². The van der Waals surface area contributed by atoms with E-state index in [-0.39, 0.29) is 4.75 Å². The van der Waals surface area contributed by atoms with E-state index in [0.717, 1.165) is 19.6 Å². The van der Waals surface area contributed by atoms with E-state index >= 15 is 0 Å². The van der Waals surface area contributed by atoms with Gasteiger partial charge in [-0.2, -0.15) is 37.9 Å². The quantitative estimate of drug-likeness (QED) is 0.503. The second-order valence-corrected chi connectivity index (χ2v) is 7.42. The van der Waals surface area contributed by atoms with Crippen LogP contribution in [-0.4, -0.2) is 33.4 Å². The highest BCUT2D eigenvalue weighted by Crippen LogP contribution is 2.44. The van der Waals surface area contributed by atoms with Gasteiger partial charge in [0.05, 0.1) is 8.83 Å². The summed E-state index contributed by atoms with van der Waals surface area (Å²) in [5.74, 6) is 0. The van der Waals surface area contributed by atoms with Crippen LogP contribution in [0, 0.1) is 0 Å². The van der Waals surface area contributed by atoms with Crippen molar-refractivity contribution in [1.82, 2.24) is 4.90 Å². The lowest BCUT2D eigenvalue weighted by Crippen LogP contribution is -2.46. The van der Waals surface area contributed by atoms with Gasteiger partial charge in [-0.3, -0.25) is 4.90 Å². The standard InChI is InChI=1S/C12H18N2S3/c13-7-11(15)8-14(9-12(11,16)17)6-10-4-2-1-3-5-10/h1-5,15-17H,6-9,13H2. The Kier molecular flexibility index (Phi) is 4.05. The van der Waals surface area contributed by atoms with Gasteiger partial charge in [-0.25, -0.2) is 0 Å². The first-order valence-electron chi connectivity index (χ1n) is 5.60. The van der Waals surface area contributed by atoms with E-state index in [1.165, 1.54) is 5.56 Å². The largest absolute Gasteiger partial charge is 0.329 e. The van der Waals surface area contributed by atoms with E-state index in [1.54, 1.807) is 0 Å². The highest BCUT2D eigenvalue weighted by molar-refractivity contribution is 8.02. The van der Waals surface area contributed by atoms with Gasteiger partial charge in [0.15, 0.2) is 0 Å². The summed E-state index contributed by atoms with van der Waals surface area (Å²) in [6.45, 7) is 2.98. The third-order valence-electron chi connectivity index (χ3n) is 3.26. The molecule has 5 heteroatoms. The first kappa shape index (κ1) is 13.6. The summed E-state index contributed by atoms with van der Waals surface area (Å²) in [6.07, 6.45) is 0. The smallest absolute Gasteiger partial charge is 0.0847 e. The van der Waals surface area contributed by atoms with Crippen LogP contribution in [0.1, 0.15) is 5.56 Å². The fraction of sp³-hybridized carbons (Fsp3) is 0.500.